The number of aryl methyl sites for hydroxylation is 1. The third-order valence-electron chi connectivity index (χ3n) is 6.60. The van der Waals surface area contributed by atoms with Crippen LogP contribution >= 0.6 is 0 Å². The van der Waals surface area contributed by atoms with Crippen LogP contribution in [0.3, 0.4) is 0 Å². The second-order valence-electron chi connectivity index (χ2n) is 8.65. The maximum absolute atomic E-state index is 12.8. The normalized spacial score (nSPS) is 23.7. The Kier molecular flexibility index (Phi) is 7.22. The molecule has 0 aromatic heterocycles. The molecular formula is C25H33N3O3. The Morgan fingerprint density at radius 3 is 2.55 bits per heavy atom. The molecule has 0 bridgehead atoms. The fourth-order valence-electron chi connectivity index (χ4n) is 4.76. The monoisotopic (exact) mass is 423 g/mol. The molecule has 1 fully saturated rings. The van der Waals surface area contributed by atoms with Crippen molar-refractivity contribution in [1.82, 2.24) is 16.0 Å². The summed E-state index contributed by atoms with van der Waals surface area (Å²) in [5, 5.41) is 19.9. The van der Waals surface area contributed by atoms with Crippen molar-refractivity contribution in [3.63, 3.8) is 0 Å². The molecule has 1 unspecified atom stereocenters. The average Bonchev–Trinajstić information content (AvgIpc) is 3.21. The van der Waals surface area contributed by atoms with Gasteiger partial charge in [-0.3, -0.25) is 15.4 Å². The van der Waals surface area contributed by atoms with Gasteiger partial charge in [0, 0.05) is 18.5 Å². The molecule has 4 N–H and O–H groups in total. The van der Waals surface area contributed by atoms with Gasteiger partial charge >= 0.3 is 0 Å². The molecular weight excluding hydrogens is 390 g/mol. The molecule has 0 spiro atoms. The third kappa shape index (κ3) is 5.64. The van der Waals surface area contributed by atoms with Crippen molar-refractivity contribution in [1.29, 1.82) is 0 Å². The van der Waals surface area contributed by atoms with Crippen molar-refractivity contribution in [2.75, 3.05) is 7.11 Å². The van der Waals surface area contributed by atoms with E-state index in [9.17, 15) is 9.90 Å². The van der Waals surface area contributed by atoms with E-state index < -0.39 is 6.35 Å². The number of methoxy groups -OCH3 is 1. The maximum Gasteiger partial charge on any atom is 0.223 e. The lowest BCUT2D eigenvalue weighted by Gasteiger charge is -2.31. The second kappa shape index (κ2) is 10.3. The summed E-state index contributed by atoms with van der Waals surface area (Å²) in [6.45, 7) is 0.568. The van der Waals surface area contributed by atoms with Crippen LogP contribution in [-0.4, -0.2) is 30.5 Å². The molecule has 2 aliphatic carbocycles. The molecule has 0 saturated heterocycles. The van der Waals surface area contributed by atoms with Gasteiger partial charge in [0.1, 0.15) is 5.75 Å². The summed E-state index contributed by atoms with van der Waals surface area (Å²) in [5.41, 5.74) is 3.71. The molecule has 4 rings (SSSR count). The smallest absolute Gasteiger partial charge is 0.223 e. The van der Waals surface area contributed by atoms with E-state index in [0.29, 0.717) is 6.54 Å². The summed E-state index contributed by atoms with van der Waals surface area (Å²) in [6, 6.07) is 16.6. The van der Waals surface area contributed by atoms with Crippen molar-refractivity contribution in [2.45, 2.75) is 63.5 Å². The number of carbonyl (C=O) groups is 1. The summed E-state index contributed by atoms with van der Waals surface area (Å²) >= 11 is 0. The van der Waals surface area contributed by atoms with Gasteiger partial charge in [-0.15, -0.1) is 0 Å². The topological polar surface area (TPSA) is 82.6 Å². The fourth-order valence-corrected chi connectivity index (χ4v) is 4.76. The minimum absolute atomic E-state index is 0.0650. The zero-order valence-corrected chi connectivity index (χ0v) is 18.1. The Balaban J connectivity index is 1.17. The van der Waals surface area contributed by atoms with Gasteiger partial charge < -0.3 is 15.2 Å². The van der Waals surface area contributed by atoms with Crippen molar-refractivity contribution >= 4 is 5.91 Å². The first kappa shape index (κ1) is 21.8. The first-order chi connectivity index (χ1) is 15.1. The van der Waals surface area contributed by atoms with Gasteiger partial charge in [0.15, 0.2) is 6.35 Å². The van der Waals surface area contributed by atoms with Crippen LogP contribution < -0.4 is 20.7 Å². The van der Waals surface area contributed by atoms with Crippen molar-refractivity contribution in [3.8, 4) is 5.75 Å². The Bertz CT molecular complexity index is 863. The van der Waals surface area contributed by atoms with Crippen LogP contribution in [0.1, 0.15) is 54.8 Å². The highest BCUT2D eigenvalue weighted by Gasteiger charge is 2.30. The largest absolute Gasteiger partial charge is 0.497 e. The van der Waals surface area contributed by atoms with Gasteiger partial charge in [-0.05, 0) is 67.3 Å². The summed E-state index contributed by atoms with van der Waals surface area (Å²) < 4.78 is 5.16. The lowest BCUT2D eigenvalue weighted by molar-refractivity contribution is -0.126. The maximum atomic E-state index is 12.8. The van der Waals surface area contributed by atoms with E-state index in [0.717, 1.165) is 49.8 Å². The molecule has 1 saturated carbocycles. The molecule has 0 radical (unpaired) electrons. The van der Waals surface area contributed by atoms with Gasteiger partial charge in [-0.1, -0.05) is 36.4 Å². The fraction of sp³-hybridized carbons (Fsp3) is 0.480. The van der Waals surface area contributed by atoms with E-state index in [1.54, 1.807) is 7.11 Å². The number of benzene rings is 2. The predicted octanol–water partition coefficient (Wildman–Crippen LogP) is 3.01. The lowest BCUT2D eigenvalue weighted by atomic mass is 9.85. The van der Waals surface area contributed by atoms with Crippen molar-refractivity contribution in [3.05, 3.63) is 65.2 Å². The molecule has 2 atom stereocenters. The van der Waals surface area contributed by atoms with E-state index in [1.807, 2.05) is 30.3 Å². The molecule has 2 aromatic carbocycles. The molecule has 2 aliphatic rings. The minimum Gasteiger partial charge on any atom is -0.497 e. The number of aliphatic hydroxyl groups excluding tert-OH is 1. The van der Waals surface area contributed by atoms with Crippen molar-refractivity contribution < 1.29 is 14.6 Å². The van der Waals surface area contributed by atoms with Gasteiger partial charge in [-0.2, -0.15) is 0 Å². The standard InChI is InChI=1S/C25H33N3O3/c1-31-21-13-6-17(7-14-21)16-26-25(30)27-20-11-8-19(9-12-20)24(29)28-23-15-10-18-4-2-3-5-22(18)23/h2-7,13-14,19-20,23,25-27,30H,8-12,15-16H2,1H3,(H,28,29)/t19?,20?,23-,25?/m1/s1. The van der Waals surface area contributed by atoms with Crippen LogP contribution in [0.25, 0.3) is 0 Å². The van der Waals surface area contributed by atoms with Gasteiger partial charge in [-0.25, -0.2) is 0 Å². The second-order valence-corrected chi connectivity index (χ2v) is 8.65. The molecule has 2 aromatic rings. The first-order valence-corrected chi connectivity index (χ1v) is 11.3. The SMILES string of the molecule is COc1ccc(CNC(O)NC2CCC(C(=O)N[C@@H]3CCc4ccccc43)CC2)cc1. The lowest BCUT2D eigenvalue weighted by Crippen LogP contribution is -2.48. The minimum atomic E-state index is -0.771. The van der Waals surface area contributed by atoms with Crippen molar-refractivity contribution in [2.24, 2.45) is 5.92 Å². The molecule has 0 heterocycles. The van der Waals surface area contributed by atoms with Crippen LogP contribution in [0.4, 0.5) is 0 Å². The molecule has 166 valence electrons. The number of hydrogen-bond acceptors (Lipinski definition) is 5. The van der Waals surface area contributed by atoms with Crippen LogP contribution in [-0.2, 0) is 17.8 Å². The summed E-state index contributed by atoms with van der Waals surface area (Å²) in [5.74, 6) is 1.06. The molecule has 1 amide bonds. The Morgan fingerprint density at radius 1 is 1.06 bits per heavy atom. The third-order valence-corrected chi connectivity index (χ3v) is 6.60. The van der Waals surface area contributed by atoms with Gasteiger partial charge in [0.25, 0.3) is 0 Å². The van der Waals surface area contributed by atoms with Crippen LogP contribution in [0.5, 0.6) is 5.75 Å². The van der Waals surface area contributed by atoms with Gasteiger partial charge in [0.2, 0.25) is 5.91 Å². The predicted molar refractivity (Wildman–Crippen MR) is 120 cm³/mol. The van der Waals surface area contributed by atoms with Crippen LogP contribution in [0.2, 0.25) is 0 Å². The number of hydrogen-bond donors (Lipinski definition) is 4. The first-order valence-electron chi connectivity index (χ1n) is 11.3. The Labute approximate surface area is 184 Å². The molecule has 31 heavy (non-hydrogen) atoms. The molecule has 0 aliphatic heterocycles. The number of fused-ring (bicyclic) bond motifs is 1. The Morgan fingerprint density at radius 2 is 1.81 bits per heavy atom. The summed E-state index contributed by atoms with van der Waals surface area (Å²) in [6.07, 6.45) is 4.74. The zero-order valence-electron chi connectivity index (χ0n) is 18.1. The number of amides is 1. The summed E-state index contributed by atoms with van der Waals surface area (Å²) in [7, 11) is 1.65. The van der Waals surface area contributed by atoms with E-state index in [4.69, 9.17) is 4.74 Å². The highest BCUT2D eigenvalue weighted by atomic mass is 16.5. The Hall–Kier alpha value is -2.41. The van der Waals surface area contributed by atoms with Crippen LogP contribution in [0.15, 0.2) is 48.5 Å². The van der Waals surface area contributed by atoms with E-state index in [1.165, 1.54) is 11.1 Å². The van der Waals surface area contributed by atoms with E-state index in [2.05, 4.69) is 34.1 Å². The number of aliphatic hydroxyl groups is 1. The quantitative estimate of drug-likeness (QED) is 0.491. The zero-order chi connectivity index (χ0) is 21.6. The van der Waals surface area contributed by atoms with Gasteiger partial charge in [0.05, 0.1) is 13.2 Å². The van der Waals surface area contributed by atoms with E-state index in [-0.39, 0.29) is 23.9 Å². The number of nitrogens with one attached hydrogen (secondary N) is 3. The van der Waals surface area contributed by atoms with Crippen LogP contribution in [0, 0.1) is 5.92 Å². The molecule has 6 heteroatoms. The summed E-state index contributed by atoms with van der Waals surface area (Å²) in [4.78, 5) is 12.8. The molecule has 6 nitrogen and oxygen atoms in total. The number of ether oxygens (including phenoxy) is 1. The number of carbonyl (C=O) groups excluding carboxylic acids is 1. The number of rotatable bonds is 8. The highest BCUT2D eigenvalue weighted by Crippen LogP contribution is 2.32. The van der Waals surface area contributed by atoms with E-state index >= 15 is 0 Å². The highest BCUT2D eigenvalue weighted by molar-refractivity contribution is 5.79. The average molecular weight is 424 g/mol.